The maximum Gasteiger partial charge on any atom is 0.208 e. The van der Waals surface area contributed by atoms with Crippen molar-refractivity contribution in [2.45, 2.75) is 19.4 Å². The number of thioether (sulfide) groups is 1. The first-order valence-electron chi connectivity index (χ1n) is 3.45. The summed E-state index contributed by atoms with van der Waals surface area (Å²) in [4.78, 5) is 0. The number of sulfonamides is 1. The highest BCUT2D eigenvalue weighted by Gasteiger charge is 2.09. The van der Waals surface area contributed by atoms with Crippen molar-refractivity contribution in [1.29, 1.82) is 0 Å². The molecule has 0 bridgehead atoms. The van der Waals surface area contributed by atoms with Crippen LogP contribution in [-0.4, -0.2) is 32.7 Å². The van der Waals surface area contributed by atoms with Crippen LogP contribution in [0, 0.1) is 0 Å². The fourth-order valence-corrected chi connectivity index (χ4v) is 2.42. The summed E-state index contributed by atoms with van der Waals surface area (Å²) in [6.07, 6.45) is 4.00. The molecule has 68 valence electrons. The monoisotopic (exact) mass is 197 g/mol. The Labute approximate surface area is 73.0 Å². The molecule has 0 amide bonds. The summed E-state index contributed by atoms with van der Waals surface area (Å²) in [6, 6.07) is 0.0833. The van der Waals surface area contributed by atoms with Crippen molar-refractivity contribution in [1.82, 2.24) is 4.72 Å². The lowest BCUT2D eigenvalue weighted by Crippen LogP contribution is -2.35. The second kappa shape index (κ2) is 5.00. The third-order valence-electron chi connectivity index (χ3n) is 1.24. The smallest absolute Gasteiger partial charge is 0.208 e. The van der Waals surface area contributed by atoms with Crippen LogP contribution in [0.2, 0.25) is 0 Å². The van der Waals surface area contributed by atoms with E-state index in [1.807, 2.05) is 13.2 Å². The minimum Gasteiger partial charge on any atom is -0.213 e. The highest BCUT2D eigenvalue weighted by atomic mass is 32.2. The molecule has 11 heavy (non-hydrogen) atoms. The molecule has 0 aromatic rings. The van der Waals surface area contributed by atoms with Crippen molar-refractivity contribution >= 4 is 21.8 Å². The summed E-state index contributed by atoms with van der Waals surface area (Å²) >= 11 is 1.65. The van der Waals surface area contributed by atoms with E-state index >= 15 is 0 Å². The molecule has 0 aliphatic carbocycles. The van der Waals surface area contributed by atoms with Gasteiger partial charge >= 0.3 is 0 Å². The Hall–Kier alpha value is 0.260. The summed E-state index contributed by atoms with van der Waals surface area (Å²) < 4.78 is 24.1. The van der Waals surface area contributed by atoms with Gasteiger partial charge in [0.15, 0.2) is 0 Å². The number of hydrogen-bond acceptors (Lipinski definition) is 3. The van der Waals surface area contributed by atoms with Gasteiger partial charge in [-0.15, -0.1) is 0 Å². The van der Waals surface area contributed by atoms with Crippen LogP contribution in [0.3, 0.4) is 0 Å². The van der Waals surface area contributed by atoms with Gasteiger partial charge in [0.05, 0.1) is 6.26 Å². The van der Waals surface area contributed by atoms with E-state index < -0.39 is 10.0 Å². The second-order valence-electron chi connectivity index (χ2n) is 2.45. The molecule has 0 spiro atoms. The zero-order chi connectivity index (χ0) is 8.91. The highest BCUT2D eigenvalue weighted by molar-refractivity contribution is 7.98. The average molecular weight is 197 g/mol. The van der Waals surface area contributed by atoms with Crippen LogP contribution in [0.25, 0.3) is 0 Å². The molecule has 5 heteroatoms. The van der Waals surface area contributed by atoms with Crippen LogP contribution in [-0.2, 0) is 10.0 Å². The van der Waals surface area contributed by atoms with E-state index in [0.29, 0.717) is 0 Å². The van der Waals surface area contributed by atoms with Crippen molar-refractivity contribution in [3.05, 3.63) is 0 Å². The maximum absolute atomic E-state index is 10.8. The fourth-order valence-electron chi connectivity index (χ4n) is 0.739. The summed E-state index contributed by atoms with van der Waals surface area (Å²) in [5.41, 5.74) is 0. The topological polar surface area (TPSA) is 46.2 Å². The summed E-state index contributed by atoms with van der Waals surface area (Å²) in [6.45, 7) is 1.97. The van der Waals surface area contributed by atoms with Crippen molar-refractivity contribution < 1.29 is 8.42 Å². The Kier molecular flexibility index (Phi) is 5.12. The van der Waals surface area contributed by atoms with Gasteiger partial charge < -0.3 is 0 Å². The van der Waals surface area contributed by atoms with E-state index in [9.17, 15) is 8.42 Å². The Balaban J connectivity index is 3.88. The number of nitrogens with one attached hydrogen (secondary N) is 1. The van der Waals surface area contributed by atoms with Crippen LogP contribution >= 0.6 is 11.8 Å². The molecule has 0 aliphatic rings. The molecule has 0 saturated heterocycles. The lowest BCUT2D eigenvalue weighted by Gasteiger charge is -2.13. The van der Waals surface area contributed by atoms with Gasteiger partial charge in [-0.1, -0.05) is 6.92 Å². The predicted molar refractivity (Wildman–Crippen MR) is 50.4 cm³/mol. The third-order valence-corrected chi connectivity index (χ3v) is 2.74. The van der Waals surface area contributed by atoms with Crippen LogP contribution in [0.5, 0.6) is 0 Å². The lowest BCUT2D eigenvalue weighted by atomic mass is 10.3. The van der Waals surface area contributed by atoms with Gasteiger partial charge in [0.1, 0.15) is 0 Å². The lowest BCUT2D eigenvalue weighted by molar-refractivity contribution is 0.564. The van der Waals surface area contributed by atoms with E-state index in [4.69, 9.17) is 0 Å². The molecule has 0 aliphatic heterocycles. The van der Waals surface area contributed by atoms with Crippen molar-refractivity contribution in [3.63, 3.8) is 0 Å². The van der Waals surface area contributed by atoms with Crippen LogP contribution in [0.15, 0.2) is 0 Å². The zero-order valence-electron chi connectivity index (χ0n) is 7.12. The molecule has 0 saturated carbocycles. The first-order chi connectivity index (χ1) is 4.99. The van der Waals surface area contributed by atoms with E-state index in [1.54, 1.807) is 11.8 Å². The molecule has 1 atom stereocenters. The molecule has 1 N–H and O–H groups in total. The first-order valence-corrected chi connectivity index (χ1v) is 6.74. The molecule has 0 rings (SSSR count). The molecule has 3 nitrogen and oxygen atoms in total. The van der Waals surface area contributed by atoms with Gasteiger partial charge in [-0.3, -0.25) is 0 Å². The standard InChI is InChI=1S/C6H15NO2S2/c1-4-6(5-10-2)7-11(3,8)9/h6-7H,4-5H2,1-3H3. The minimum atomic E-state index is -3.02. The fraction of sp³-hybridized carbons (Fsp3) is 1.00. The normalized spacial score (nSPS) is 14.8. The van der Waals surface area contributed by atoms with Crippen molar-refractivity contribution in [3.8, 4) is 0 Å². The molecule has 0 fully saturated rings. The minimum absolute atomic E-state index is 0.0833. The third kappa shape index (κ3) is 6.65. The van der Waals surface area contributed by atoms with E-state index in [2.05, 4.69) is 4.72 Å². The zero-order valence-corrected chi connectivity index (χ0v) is 8.76. The largest absolute Gasteiger partial charge is 0.213 e. The number of rotatable bonds is 5. The van der Waals surface area contributed by atoms with Gasteiger partial charge in [-0.2, -0.15) is 11.8 Å². The first kappa shape index (κ1) is 11.3. The predicted octanol–water partition coefficient (Wildman–Crippen LogP) is 0.677. The van der Waals surface area contributed by atoms with Crippen LogP contribution in [0.1, 0.15) is 13.3 Å². The Morgan fingerprint density at radius 2 is 2.09 bits per heavy atom. The molecule has 0 radical (unpaired) electrons. The summed E-state index contributed by atoms with van der Waals surface area (Å²) in [7, 11) is -3.02. The SMILES string of the molecule is CCC(CSC)NS(C)(=O)=O. The van der Waals surface area contributed by atoms with Gasteiger partial charge in [0.25, 0.3) is 0 Å². The van der Waals surface area contributed by atoms with E-state index in [-0.39, 0.29) is 6.04 Å². The maximum atomic E-state index is 10.8. The van der Waals surface area contributed by atoms with Crippen LogP contribution < -0.4 is 4.72 Å². The summed E-state index contributed by atoms with van der Waals surface area (Å²) in [5, 5.41) is 0. The molecule has 0 aromatic carbocycles. The van der Waals surface area contributed by atoms with Crippen molar-refractivity contribution in [2.75, 3.05) is 18.3 Å². The second-order valence-corrected chi connectivity index (χ2v) is 5.14. The Morgan fingerprint density at radius 1 is 1.55 bits per heavy atom. The molecule has 0 heterocycles. The van der Waals surface area contributed by atoms with Crippen LogP contribution in [0.4, 0.5) is 0 Å². The Bertz CT molecular complexity index is 189. The summed E-state index contributed by atoms with van der Waals surface area (Å²) in [5.74, 6) is 0.837. The molecule has 1 unspecified atom stereocenters. The van der Waals surface area contributed by atoms with Crippen molar-refractivity contribution in [2.24, 2.45) is 0 Å². The average Bonchev–Trinajstić information content (AvgIpc) is 1.84. The Morgan fingerprint density at radius 3 is 2.36 bits per heavy atom. The van der Waals surface area contributed by atoms with E-state index in [1.165, 1.54) is 6.26 Å². The molecule has 0 aromatic heterocycles. The molecular weight excluding hydrogens is 182 g/mol. The van der Waals surface area contributed by atoms with Gasteiger partial charge in [0, 0.05) is 11.8 Å². The highest BCUT2D eigenvalue weighted by Crippen LogP contribution is 2.01. The number of hydrogen-bond donors (Lipinski definition) is 1. The van der Waals surface area contributed by atoms with Gasteiger partial charge in [0.2, 0.25) is 10.0 Å². The molecular formula is C6H15NO2S2. The van der Waals surface area contributed by atoms with Gasteiger partial charge in [-0.05, 0) is 12.7 Å². The van der Waals surface area contributed by atoms with Gasteiger partial charge in [-0.25, -0.2) is 13.1 Å². The quantitative estimate of drug-likeness (QED) is 0.705. The van der Waals surface area contributed by atoms with E-state index in [0.717, 1.165) is 12.2 Å².